The third-order valence-electron chi connectivity index (χ3n) is 2.47. The maximum absolute atomic E-state index is 9.72. The molecule has 0 bridgehead atoms. The van der Waals surface area contributed by atoms with Crippen molar-refractivity contribution in [2.24, 2.45) is 11.7 Å². The number of aromatic hydroxyl groups is 1. The van der Waals surface area contributed by atoms with E-state index < -0.39 is 0 Å². The maximum atomic E-state index is 9.72. The summed E-state index contributed by atoms with van der Waals surface area (Å²) in [7, 11) is 0. The lowest BCUT2D eigenvalue weighted by Gasteiger charge is -2.15. The highest BCUT2D eigenvalue weighted by atomic mass is 35.5. The molecule has 0 fully saturated rings. The Morgan fingerprint density at radius 2 is 2.00 bits per heavy atom. The van der Waals surface area contributed by atoms with Crippen molar-refractivity contribution < 1.29 is 5.11 Å². The van der Waals surface area contributed by atoms with Crippen LogP contribution in [-0.2, 0) is 0 Å². The summed E-state index contributed by atoms with van der Waals surface area (Å²) < 4.78 is 0. The van der Waals surface area contributed by atoms with Gasteiger partial charge in [-0.25, -0.2) is 0 Å². The predicted molar refractivity (Wildman–Crippen MR) is 64.1 cm³/mol. The molecular weight excluding hydrogens is 210 g/mol. The number of para-hydroxylation sites is 1. The van der Waals surface area contributed by atoms with Crippen LogP contribution in [0.5, 0.6) is 5.75 Å². The zero-order valence-corrected chi connectivity index (χ0v) is 9.96. The van der Waals surface area contributed by atoms with Gasteiger partial charge in [-0.2, -0.15) is 0 Å². The molecule has 3 N–H and O–H groups in total. The monoisotopic (exact) mass is 227 g/mol. The summed E-state index contributed by atoms with van der Waals surface area (Å²) in [6.07, 6.45) is 1.92. The number of phenols is 1. The molecule has 2 nitrogen and oxygen atoms in total. The highest BCUT2D eigenvalue weighted by Gasteiger charge is 2.13. The van der Waals surface area contributed by atoms with Crippen LogP contribution in [-0.4, -0.2) is 5.11 Å². The van der Waals surface area contributed by atoms with Crippen LogP contribution < -0.4 is 5.73 Å². The highest BCUT2D eigenvalue weighted by molar-refractivity contribution is 6.32. The molecule has 0 spiro atoms. The van der Waals surface area contributed by atoms with E-state index in [0.29, 0.717) is 10.9 Å². The molecule has 0 saturated carbocycles. The van der Waals surface area contributed by atoms with E-state index in [-0.39, 0.29) is 11.8 Å². The topological polar surface area (TPSA) is 46.2 Å². The van der Waals surface area contributed by atoms with Crippen molar-refractivity contribution in [3.8, 4) is 5.75 Å². The van der Waals surface area contributed by atoms with Gasteiger partial charge >= 0.3 is 0 Å². The molecule has 0 amide bonds. The van der Waals surface area contributed by atoms with Gasteiger partial charge in [-0.05, 0) is 24.8 Å². The number of hydrogen-bond acceptors (Lipinski definition) is 2. The molecule has 1 aromatic rings. The lowest BCUT2D eigenvalue weighted by molar-refractivity contribution is 0.448. The first kappa shape index (κ1) is 12.3. The van der Waals surface area contributed by atoms with Crippen molar-refractivity contribution in [2.75, 3.05) is 0 Å². The van der Waals surface area contributed by atoms with Gasteiger partial charge in [0, 0.05) is 11.6 Å². The van der Waals surface area contributed by atoms with Crippen LogP contribution >= 0.6 is 11.6 Å². The minimum absolute atomic E-state index is 0.121. The molecule has 0 aliphatic rings. The number of rotatable bonds is 4. The normalized spacial score (nSPS) is 13.1. The molecule has 0 radical (unpaired) electrons. The Bertz CT molecular complexity index is 325. The van der Waals surface area contributed by atoms with Crippen LogP contribution in [0.1, 0.15) is 38.3 Å². The zero-order valence-electron chi connectivity index (χ0n) is 9.20. The third kappa shape index (κ3) is 3.40. The first-order valence-corrected chi connectivity index (χ1v) is 5.63. The van der Waals surface area contributed by atoms with Gasteiger partial charge in [0.2, 0.25) is 0 Å². The fourth-order valence-corrected chi connectivity index (χ4v) is 1.68. The van der Waals surface area contributed by atoms with E-state index in [1.165, 1.54) is 0 Å². The van der Waals surface area contributed by atoms with E-state index in [4.69, 9.17) is 17.3 Å². The van der Waals surface area contributed by atoms with Crippen LogP contribution in [0.4, 0.5) is 0 Å². The Morgan fingerprint density at radius 1 is 1.33 bits per heavy atom. The predicted octanol–water partition coefficient (Wildman–Crippen LogP) is 3.48. The van der Waals surface area contributed by atoms with Gasteiger partial charge in [0.05, 0.1) is 5.02 Å². The van der Waals surface area contributed by atoms with Crippen molar-refractivity contribution in [3.05, 3.63) is 28.8 Å². The van der Waals surface area contributed by atoms with Crippen LogP contribution in [0.3, 0.4) is 0 Å². The molecule has 15 heavy (non-hydrogen) atoms. The van der Waals surface area contributed by atoms with Gasteiger partial charge in [-0.1, -0.05) is 37.6 Å². The van der Waals surface area contributed by atoms with Crippen LogP contribution in [0.2, 0.25) is 5.02 Å². The van der Waals surface area contributed by atoms with Crippen LogP contribution in [0.15, 0.2) is 18.2 Å². The van der Waals surface area contributed by atoms with Gasteiger partial charge < -0.3 is 10.8 Å². The number of halogens is 1. The molecule has 84 valence electrons. The van der Waals surface area contributed by atoms with E-state index in [1.807, 2.05) is 12.1 Å². The number of phenolic OH excluding ortho intramolecular Hbond substituents is 1. The van der Waals surface area contributed by atoms with Crippen molar-refractivity contribution in [1.82, 2.24) is 0 Å². The van der Waals surface area contributed by atoms with E-state index in [2.05, 4.69) is 13.8 Å². The van der Waals surface area contributed by atoms with Crippen molar-refractivity contribution in [3.63, 3.8) is 0 Å². The summed E-state index contributed by atoms with van der Waals surface area (Å²) in [6.45, 7) is 4.31. The quantitative estimate of drug-likeness (QED) is 0.827. The fourth-order valence-electron chi connectivity index (χ4n) is 1.50. The van der Waals surface area contributed by atoms with Crippen molar-refractivity contribution >= 4 is 11.6 Å². The van der Waals surface area contributed by atoms with Gasteiger partial charge in [-0.3, -0.25) is 0 Å². The van der Waals surface area contributed by atoms with Crippen LogP contribution in [0, 0.1) is 5.92 Å². The molecule has 3 heteroatoms. The average Bonchev–Trinajstić information content (AvgIpc) is 2.18. The Morgan fingerprint density at radius 3 is 2.60 bits per heavy atom. The second kappa shape index (κ2) is 5.38. The first-order valence-electron chi connectivity index (χ1n) is 5.25. The van der Waals surface area contributed by atoms with E-state index >= 15 is 0 Å². The molecule has 1 atom stereocenters. The standard InChI is InChI=1S/C12H18ClNO/c1-8(2)6-7-11(14)9-4-3-5-10(13)12(9)15/h3-5,8,11,15H,6-7,14H2,1-2H3/t11-/m0/s1. The molecule has 0 aliphatic heterocycles. The summed E-state index contributed by atoms with van der Waals surface area (Å²) in [4.78, 5) is 0. The molecule has 0 aliphatic carbocycles. The molecular formula is C12H18ClNO. The average molecular weight is 228 g/mol. The number of benzene rings is 1. The lowest BCUT2D eigenvalue weighted by Crippen LogP contribution is -2.11. The number of hydrogen-bond donors (Lipinski definition) is 2. The zero-order chi connectivity index (χ0) is 11.4. The largest absolute Gasteiger partial charge is 0.506 e. The summed E-state index contributed by atoms with van der Waals surface area (Å²) in [5.74, 6) is 0.743. The Labute approximate surface area is 96.1 Å². The first-order chi connectivity index (χ1) is 7.02. The van der Waals surface area contributed by atoms with E-state index in [0.717, 1.165) is 18.4 Å². The smallest absolute Gasteiger partial charge is 0.138 e. The Kier molecular flexibility index (Phi) is 4.43. The van der Waals surface area contributed by atoms with E-state index in [9.17, 15) is 5.11 Å². The van der Waals surface area contributed by atoms with Crippen molar-refractivity contribution in [1.29, 1.82) is 0 Å². The molecule has 0 saturated heterocycles. The summed E-state index contributed by atoms with van der Waals surface area (Å²) in [5, 5.41) is 10.1. The maximum Gasteiger partial charge on any atom is 0.138 e. The van der Waals surface area contributed by atoms with E-state index in [1.54, 1.807) is 6.07 Å². The number of nitrogens with two attached hydrogens (primary N) is 1. The molecule has 1 aromatic carbocycles. The summed E-state index contributed by atoms with van der Waals surface area (Å²) in [6, 6.07) is 5.17. The fraction of sp³-hybridized carbons (Fsp3) is 0.500. The SMILES string of the molecule is CC(C)CC[C@H](N)c1cccc(Cl)c1O. The Balaban J connectivity index is 2.73. The molecule has 0 heterocycles. The van der Waals surface area contributed by atoms with Gasteiger partial charge in [-0.15, -0.1) is 0 Å². The molecule has 1 rings (SSSR count). The summed E-state index contributed by atoms with van der Waals surface area (Å²) >= 11 is 5.82. The minimum Gasteiger partial charge on any atom is -0.506 e. The van der Waals surface area contributed by atoms with Gasteiger partial charge in [0.15, 0.2) is 0 Å². The third-order valence-corrected chi connectivity index (χ3v) is 2.78. The lowest BCUT2D eigenvalue weighted by atomic mass is 9.98. The van der Waals surface area contributed by atoms with Gasteiger partial charge in [0.25, 0.3) is 0 Å². The second-order valence-electron chi connectivity index (χ2n) is 4.26. The molecule has 0 aromatic heterocycles. The van der Waals surface area contributed by atoms with Crippen LogP contribution in [0.25, 0.3) is 0 Å². The highest BCUT2D eigenvalue weighted by Crippen LogP contribution is 2.32. The van der Waals surface area contributed by atoms with Gasteiger partial charge in [0.1, 0.15) is 5.75 Å². The Hall–Kier alpha value is -0.730. The summed E-state index contributed by atoms with van der Waals surface area (Å²) in [5.41, 5.74) is 6.73. The molecule has 0 unspecified atom stereocenters. The second-order valence-corrected chi connectivity index (χ2v) is 4.66. The van der Waals surface area contributed by atoms with Crippen molar-refractivity contribution in [2.45, 2.75) is 32.7 Å². The minimum atomic E-state index is -0.133.